The second kappa shape index (κ2) is 11.9. The van der Waals surface area contributed by atoms with Gasteiger partial charge in [0.25, 0.3) is 5.91 Å². The number of thioether (sulfide) groups is 1. The van der Waals surface area contributed by atoms with Gasteiger partial charge in [-0.05, 0) is 48.9 Å². The quantitative estimate of drug-likeness (QED) is 0.362. The van der Waals surface area contributed by atoms with Gasteiger partial charge >= 0.3 is 0 Å². The van der Waals surface area contributed by atoms with Crippen LogP contribution in [0.4, 0.5) is 17.1 Å². The highest BCUT2D eigenvalue weighted by Crippen LogP contribution is 2.27. The molecular formula is C26H27N3O4S. The van der Waals surface area contributed by atoms with Crippen LogP contribution < -0.4 is 20.7 Å². The highest BCUT2D eigenvalue weighted by atomic mass is 32.2. The zero-order valence-electron chi connectivity index (χ0n) is 19.3. The Hall–Kier alpha value is -3.78. The van der Waals surface area contributed by atoms with E-state index in [1.807, 2.05) is 19.1 Å². The molecule has 8 heteroatoms. The highest BCUT2D eigenvalue weighted by Gasteiger charge is 2.15. The highest BCUT2D eigenvalue weighted by molar-refractivity contribution is 8.00. The molecule has 0 aromatic heterocycles. The van der Waals surface area contributed by atoms with Crippen LogP contribution in [-0.4, -0.2) is 30.6 Å². The number of amides is 3. The number of hydrogen-bond donors (Lipinski definition) is 3. The summed E-state index contributed by atoms with van der Waals surface area (Å²) in [5, 5.41) is 8.59. The monoisotopic (exact) mass is 477 g/mol. The van der Waals surface area contributed by atoms with Crippen LogP contribution in [0.25, 0.3) is 0 Å². The maximum atomic E-state index is 13.1. The van der Waals surface area contributed by atoms with E-state index in [1.165, 1.54) is 11.8 Å². The maximum Gasteiger partial charge on any atom is 0.256 e. The van der Waals surface area contributed by atoms with Gasteiger partial charge < -0.3 is 20.7 Å². The normalized spacial score (nSPS) is 10.3. The van der Waals surface area contributed by atoms with Crippen LogP contribution in [0.15, 0.2) is 71.6 Å². The van der Waals surface area contributed by atoms with E-state index >= 15 is 0 Å². The van der Waals surface area contributed by atoms with Crippen molar-refractivity contribution in [3.05, 3.63) is 77.9 Å². The van der Waals surface area contributed by atoms with Crippen LogP contribution in [0.5, 0.6) is 5.75 Å². The minimum Gasteiger partial charge on any atom is -0.497 e. The van der Waals surface area contributed by atoms with Gasteiger partial charge in [0.2, 0.25) is 11.8 Å². The number of carbonyl (C=O) groups is 3. The molecule has 0 bridgehead atoms. The summed E-state index contributed by atoms with van der Waals surface area (Å²) >= 11 is 1.28. The Morgan fingerprint density at radius 1 is 0.853 bits per heavy atom. The fourth-order valence-corrected chi connectivity index (χ4v) is 4.01. The third-order valence-corrected chi connectivity index (χ3v) is 6.09. The third kappa shape index (κ3) is 6.62. The van der Waals surface area contributed by atoms with Crippen molar-refractivity contribution < 1.29 is 19.1 Å². The largest absolute Gasteiger partial charge is 0.497 e. The van der Waals surface area contributed by atoms with Crippen LogP contribution in [-0.2, 0) is 9.59 Å². The van der Waals surface area contributed by atoms with Gasteiger partial charge in [0, 0.05) is 34.4 Å². The molecule has 34 heavy (non-hydrogen) atoms. The molecule has 0 saturated heterocycles. The van der Waals surface area contributed by atoms with Crippen molar-refractivity contribution in [2.24, 2.45) is 0 Å². The lowest BCUT2D eigenvalue weighted by molar-refractivity contribution is -0.116. The van der Waals surface area contributed by atoms with E-state index in [2.05, 4.69) is 16.0 Å². The second-order valence-electron chi connectivity index (χ2n) is 7.40. The molecule has 0 spiro atoms. The molecule has 3 N–H and O–H groups in total. The first kappa shape index (κ1) is 24.9. The first-order chi connectivity index (χ1) is 16.4. The number of rotatable bonds is 9. The second-order valence-corrected chi connectivity index (χ2v) is 8.42. The molecule has 3 amide bonds. The van der Waals surface area contributed by atoms with Crippen molar-refractivity contribution in [1.29, 1.82) is 0 Å². The summed E-state index contributed by atoms with van der Waals surface area (Å²) < 4.78 is 5.18. The lowest BCUT2D eigenvalue weighted by Gasteiger charge is -2.14. The van der Waals surface area contributed by atoms with Crippen LogP contribution in [0.1, 0.15) is 29.3 Å². The van der Waals surface area contributed by atoms with E-state index in [-0.39, 0.29) is 23.5 Å². The van der Waals surface area contributed by atoms with Gasteiger partial charge in [-0.1, -0.05) is 31.2 Å². The molecule has 0 unspecified atom stereocenters. The Morgan fingerprint density at radius 3 is 2.29 bits per heavy atom. The van der Waals surface area contributed by atoms with Gasteiger partial charge in [-0.3, -0.25) is 14.4 Å². The number of methoxy groups -OCH3 is 1. The van der Waals surface area contributed by atoms with E-state index in [0.29, 0.717) is 39.7 Å². The van der Waals surface area contributed by atoms with Crippen molar-refractivity contribution in [3.63, 3.8) is 0 Å². The van der Waals surface area contributed by atoms with Gasteiger partial charge in [-0.2, -0.15) is 0 Å². The molecule has 0 heterocycles. The van der Waals surface area contributed by atoms with Crippen molar-refractivity contribution in [3.8, 4) is 5.75 Å². The Bertz CT molecular complexity index is 1200. The van der Waals surface area contributed by atoms with Gasteiger partial charge in [-0.25, -0.2) is 0 Å². The number of carbonyl (C=O) groups excluding carboxylic acids is 3. The number of benzene rings is 3. The van der Waals surface area contributed by atoms with E-state index in [9.17, 15) is 14.4 Å². The summed E-state index contributed by atoms with van der Waals surface area (Å²) in [4.78, 5) is 38.0. The average Bonchev–Trinajstić information content (AvgIpc) is 2.85. The summed E-state index contributed by atoms with van der Waals surface area (Å²) in [6.07, 6.45) is 0.367. The van der Waals surface area contributed by atoms with Crippen molar-refractivity contribution in [1.82, 2.24) is 0 Å². The van der Waals surface area contributed by atoms with Crippen LogP contribution in [0.3, 0.4) is 0 Å². The fraction of sp³-hybridized carbons (Fsp3) is 0.192. The predicted octanol–water partition coefficient (Wildman–Crippen LogP) is 5.34. The number of nitrogens with one attached hydrogen (secondary N) is 3. The van der Waals surface area contributed by atoms with E-state index < -0.39 is 0 Å². The Kier molecular flexibility index (Phi) is 8.70. The summed E-state index contributed by atoms with van der Waals surface area (Å²) in [6, 6.07) is 19.6. The topological polar surface area (TPSA) is 96.5 Å². The molecule has 176 valence electrons. The molecule has 0 fully saturated rings. The predicted molar refractivity (Wildman–Crippen MR) is 137 cm³/mol. The van der Waals surface area contributed by atoms with Gasteiger partial charge in [0.15, 0.2) is 0 Å². The Morgan fingerprint density at radius 2 is 1.56 bits per heavy atom. The van der Waals surface area contributed by atoms with E-state index in [1.54, 1.807) is 68.6 Å². The Labute approximate surface area is 203 Å². The molecule has 0 saturated carbocycles. The van der Waals surface area contributed by atoms with Crippen molar-refractivity contribution >= 4 is 46.5 Å². The molecule has 7 nitrogen and oxygen atoms in total. The summed E-state index contributed by atoms with van der Waals surface area (Å²) in [5.41, 5.74) is 3.13. The first-order valence-corrected chi connectivity index (χ1v) is 11.8. The van der Waals surface area contributed by atoms with Crippen LogP contribution in [0, 0.1) is 6.92 Å². The van der Waals surface area contributed by atoms with Crippen LogP contribution >= 0.6 is 11.8 Å². The smallest absolute Gasteiger partial charge is 0.256 e. The SMILES string of the molecule is CCC(=O)Nc1cccc(NC(=O)c2ccccc2SCC(=O)Nc2cccc(OC)c2)c1C. The Balaban J connectivity index is 1.68. The molecule has 0 aliphatic rings. The zero-order chi connectivity index (χ0) is 24.5. The molecule has 0 atom stereocenters. The summed E-state index contributed by atoms with van der Waals surface area (Å²) in [7, 11) is 1.57. The summed E-state index contributed by atoms with van der Waals surface area (Å²) in [5.74, 6) is 0.211. The standard InChI is InChI=1S/C26H27N3O4S/c1-4-24(30)28-21-12-8-13-22(17(21)2)29-26(32)20-11-5-6-14-23(20)34-16-25(31)27-18-9-7-10-19(15-18)33-3/h5-15H,4,16H2,1-3H3,(H,27,31)(H,28,30)(H,29,32). The third-order valence-electron chi connectivity index (χ3n) is 5.02. The molecular weight excluding hydrogens is 450 g/mol. The maximum absolute atomic E-state index is 13.1. The van der Waals surface area contributed by atoms with E-state index in [4.69, 9.17) is 4.74 Å². The number of ether oxygens (including phenoxy) is 1. The molecule has 0 aliphatic heterocycles. The molecule has 3 aromatic rings. The molecule has 3 aromatic carbocycles. The average molecular weight is 478 g/mol. The lowest BCUT2D eigenvalue weighted by Crippen LogP contribution is -2.17. The van der Waals surface area contributed by atoms with Gasteiger partial charge in [0.05, 0.1) is 18.4 Å². The fourth-order valence-electron chi connectivity index (χ4n) is 3.16. The minimum atomic E-state index is -0.293. The van der Waals surface area contributed by atoms with E-state index in [0.717, 1.165) is 5.56 Å². The summed E-state index contributed by atoms with van der Waals surface area (Å²) in [6.45, 7) is 3.62. The minimum absolute atomic E-state index is 0.0967. The van der Waals surface area contributed by atoms with Crippen LogP contribution in [0.2, 0.25) is 0 Å². The zero-order valence-corrected chi connectivity index (χ0v) is 20.1. The van der Waals surface area contributed by atoms with Gasteiger partial charge in [0.1, 0.15) is 5.75 Å². The van der Waals surface area contributed by atoms with Gasteiger partial charge in [-0.15, -0.1) is 11.8 Å². The molecule has 0 aliphatic carbocycles. The first-order valence-electron chi connectivity index (χ1n) is 10.8. The molecule has 3 rings (SSSR count). The molecule has 0 radical (unpaired) electrons. The number of anilines is 3. The lowest BCUT2D eigenvalue weighted by atomic mass is 10.1. The number of hydrogen-bond acceptors (Lipinski definition) is 5. The van der Waals surface area contributed by atoms with Crippen molar-refractivity contribution in [2.75, 3.05) is 28.8 Å². The van der Waals surface area contributed by atoms with Crippen molar-refractivity contribution in [2.45, 2.75) is 25.2 Å².